The fourth-order valence-corrected chi connectivity index (χ4v) is 2.21. The molecule has 0 unspecified atom stereocenters. The van der Waals surface area contributed by atoms with Gasteiger partial charge in [-0.3, -0.25) is 9.59 Å². The summed E-state index contributed by atoms with van der Waals surface area (Å²) in [6, 6.07) is 0. The van der Waals surface area contributed by atoms with Crippen LogP contribution in [0.2, 0.25) is 0 Å². The first-order valence-corrected chi connectivity index (χ1v) is 7.52. The number of carbonyl (C=O) groups excluding carboxylic acids is 2. The second-order valence-electron chi connectivity index (χ2n) is 6.29. The molecule has 0 saturated carbocycles. The Kier molecular flexibility index (Phi) is 6.46. The van der Waals surface area contributed by atoms with Crippen LogP contribution in [0.5, 0.6) is 0 Å². The van der Waals surface area contributed by atoms with Gasteiger partial charge in [-0.25, -0.2) is 0 Å². The Morgan fingerprint density at radius 1 is 1.25 bits per heavy atom. The molecular formula is C15H28N2O3. The second kappa shape index (κ2) is 7.62. The second-order valence-corrected chi connectivity index (χ2v) is 6.29. The number of piperidine rings is 1. The van der Waals surface area contributed by atoms with E-state index in [0.717, 1.165) is 32.5 Å². The van der Waals surface area contributed by atoms with Crippen molar-refractivity contribution in [2.45, 2.75) is 53.1 Å². The molecule has 0 radical (unpaired) electrons. The van der Waals surface area contributed by atoms with E-state index in [1.165, 1.54) is 0 Å². The van der Waals surface area contributed by atoms with Crippen LogP contribution in [0, 0.1) is 5.41 Å². The zero-order valence-corrected chi connectivity index (χ0v) is 13.2. The van der Waals surface area contributed by atoms with Crippen LogP contribution in [0.4, 0.5) is 0 Å². The Morgan fingerprint density at radius 2 is 1.85 bits per heavy atom. The number of nitrogens with zero attached hydrogens (tertiary/aromatic N) is 1. The van der Waals surface area contributed by atoms with Gasteiger partial charge in [0.2, 0.25) is 11.8 Å². The summed E-state index contributed by atoms with van der Waals surface area (Å²) in [5.41, 5.74) is -0.404. The highest BCUT2D eigenvalue weighted by molar-refractivity contribution is 5.82. The summed E-state index contributed by atoms with van der Waals surface area (Å²) in [5.74, 6) is 0.106. The zero-order chi connectivity index (χ0) is 15.2. The van der Waals surface area contributed by atoms with Gasteiger partial charge in [0.1, 0.15) is 0 Å². The van der Waals surface area contributed by atoms with E-state index in [9.17, 15) is 9.59 Å². The van der Waals surface area contributed by atoms with E-state index in [0.29, 0.717) is 19.1 Å². The van der Waals surface area contributed by atoms with Gasteiger partial charge in [0.05, 0.1) is 6.10 Å². The predicted molar refractivity (Wildman–Crippen MR) is 78.3 cm³/mol. The topological polar surface area (TPSA) is 58.6 Å². The van der Waals surface area contributed by atoms with Crippen molar-refractivity contribution in [1.82, 2.24) is 10.2 Å². The molecule has 1 saturated heterocycles. The smallest absolute Gasteiger partial charge is 0.225 e. The predicted octanol–water partition coefficient (Wildman–Crippen LogP) is 1.57. The summed E-state index contributed by atoms with van der Waals surface area (Å²) in [7, 11) is 0. The summed E-state index contributed by atoms with van der Waals surface area (Å²) in [5, 5.41) is 2.81. The van der Waals surface area contributed by atoms with E-state index >= 15 is 0 Å². The number of nitrogens with one attached hydrogen (secondary N) is 1. The van der Waals surface area contributed by atoms with Crippen molar-refractivity contribution in [3.05, 3.63) is 0 Å². The van der Waals surface area contributed by atoms with Crippen LogP contribution in [0.15, 0.2) is 0 Å². The molecule has 0 bridgehead atoms. The van der Waals surface area contributed by atoms with E-state index < -0.39 is 5.41 Å². The minimum absolute atomic E-state index is 0.0136. The van der Waals surface area contributed by atoms with Gasteiger partial charge in [0, 0.05) is 38.1 Å². The van der Waals surface area contributed by atoms with Gasteiger partial charge in [-0.15, -0.1) is 0 Å². The minimum Gasteiger partial charge on any atom is -0.378 e. The van der Waals surface area contributed by atoms with Gasteiger partial charge in [0.15, 0.2) is 0 Å². The molecule has 5 heteroatoms. The molecule has 20 heavy (non-hydrogen) atoms. The summed E-state index contributed by atoms with van der Waals surface area (Å²) in [6.07, 6.45) is 2.49. The highest BCUT2D eigenvalue weighted by Crippen LogP contribution is 2.15. The third-order valence-electron chi connectivity index (χ3n) is 3.50. The lowest BCUT2D eigenvalue weighted by atomic mass is 9.96. The molecule has 1 heterocycles. The fraction of sp³-hybridized carbons (Fsp3) is 0.867. The quantitative estimate of drug-likeness (QED) is 0.833. The summed E-state index contributed by atoms with van der Waals surface area (Å²) in [4.78, 5) is 25.6. The maximum absolute atomic E-state index is 12.0. The minimum atomic E-state index is -0.404. The van der Waals surface area contributed by atoms with Crippen molar-refractivity contribution >= 4 is 11.8 Å². The van der Waals surface area contributed by atoms with Crippen LogP contribution in [-0.4, -0.2) is 49.1 Å². The number of likely N-dealkylation sites (tertiary alicyclic amines) is 1. The molecule has 116 valence electrons. The van der Waals surface area contributed by atoms with Crippen molar-refractivity contribution in [1.29, 1.82) is 0 Å². The number of amides is 2. The van der Waals surface area contributed by atoms with Crippen LogP contribution < -0.4 is 5.32 Å². The van der Waals surface area contributed by atoms with E-state index in [2.05, 4.69) is 5.32 Å². The van der Waals surface area contributed by atoms with Crippen LogP contribution in [0.1, 0.15) is 47.0 Å². The first-order valence-electron chi connectivity index (χ1n) is 7.52. The molecule has 0 aromatic carbocycles. The molecule has 0 aliphatic carbocycles. The van der Waals surface area contributed by atoms with E-state index in [1.54, 1.807) is 0 Å². The monoisotopic (exact) mass is 284 g/mol. The maximum Gasteiger partial charge on any atom is 0.225 e. The molecule has 1 fully saturated rings. The Hall–Kier alpha value is -1.10. The Balaban J connectivity index is 2.23. The highest BCUT2D eigenvalue weighted by atomic mass is 16.5. The van der Waals surface area contributed by atoms with Crippen molar-refractivity contribution < 1.29 is 14.3 Å². The standard InChI is InChI=1S/C15H28N2O3/c1-5-20-12-7-10-17(11-8-12)13(18)6-9-16-14(19)15(2,3)4/h12H,5-11H2,1-4H3,(H,16,19). The Bertz CT molecular complexity index is 329. The Morgan fingerprint density at radius 3 is 2.35 bits per heavy atom. The molecule has 1 N–H and O–H groups in total. The first kappa shape index (κ1) is 17.0. The number of carbonyl (C=O) groups is 2. The summed E-state index contributed by atoms with van der Waals surface area (Å²) in [6.45, 7) is 10.3. The largest absolute Gasteiger partial charge is 0.378 e. The van der Waals surface area contributed by atoms with Gasteiger partial charge in [-0.05, 0) is 19.8 Å². The number of hydrogen-bond acceptors (Lipinski definition) is 3. The fourth-order valence-electron chi connectivity index (χ4n) is 2.21. The van der Waals surface area contributed by atoms with Gasteiger partial charge < -0.3 is 15.0 Å². The van der Waals surface area contributed by atoms with Crippen molar-refractivity contribution in [3.63, 3.8) is 0 Å². The van der Waals surface area contributed by atoms with Crippen molar-refractivity contribution in [2.24, 2.45) is 5.41 Å². The average molecular weight is 284 g/mol. The van der Waals surface area contributed by atoms with E-state index in [4.69, 9.17) is 4.74 Å². The molecule has 2 amide bonds. The van der Waals surface area contributed by atoms with Crippen LogP contribution in [0.3, 0.4) is 0 Å². The molecule has 1 aliphatic heterocycles. The molecule has 5 nitrogen and oxygen atoms in total. The van der Waals surface area contributed by atoms with Gasteiger partial charge >= 0.3 is 0 Å². The molecule has 1 rings (SSSR count). The normalized spacial score (nSPS) is 17.1. The van der Waals surface area contributed by atoms with Gasteiger partial charge in [-0.2, -0.15) is 0 Å². The lowest BCUT2D eigenvalue weighted by molar-refractivity contribution is -0.134. The van der Waals surface area contributed by atoms with Gasteiger partial charge in [-0.1, -0.05) is 20.8 Å². The molecule has 0 spiro atoms. The maximum atomic E-state index is 12.0. The SMILES string of the molecule is CCOC1CCN(C(=O)CCNC(=O)C(C)(C)C)CC1. The lowest BCUT2D eigenvalue weighted by Gasteiger charge is -2.32. The van der Waals surface area contributed by atoms with Crippen LogP contribution in [0.25, 0.3) is 0 Å². The van der Waals surface area contributed by atoms with Crippen molar-refractivity contribution in [3.8, 4) is 0 Å². The molecular weight excluding hydrogens is 256 g/mol. The number of ether oxygens (including phenoxy) is 1. The Labute approximate surface area is 122 Å². The molecule has 1 aliphatic rings. The third-order valence-corrected chi connectivity index (χ3v) is 3.50. The lowest BCUT2D eigenvalue weighted by Crippen LogP contribution is -2.42. The van der Waals surface area contributed by atoms with E-state index in [-0.39, 0.29) is 11.8 Å². The number of rotatable bonds is 5. The molecule has 0 aromatic rings. The zero-order valence-electron chi connectivity index (χ0n) is 13.2. The molecule has 0 aromatic heterocycles. The van der Waals surface area contributed by atoms with Gasteiger partial charge in [0.25, 0.3) is 0 Å². The third kappa shape index (κ3) is 5.49. The average Bonchev–Trinajstić information content (AvgIpc) is 2.38. The van der Waals surface area contributed by atoms with E-state index in [1.807, 2.05) is 32.6 Å². The van der Waals surface area contributed by atoms with Crippen LogP contribution >= 0.6 is 0 Å². The first-order chi connectivity index (χ1) is 9.34. The van der Waals surface area contributed by atoms with Crippen molar-refractivity contribution in [2.75, 3.05) is 26.2 Å². The summed E-state index contributed by atoms with van der Waals surface area (Å²) < 4.78 is 5.57. The molecule has 0 atom stereocenters. The highest BCUT2D eigenvalue weighted by Gasteiger charge is 2.24. The number of hydrogen-bond donors (Lipinski definition) is 1. The van der Waals surface area contributed by atoms with Crippen LogP contribution in [-0.2, 0) is 14.3 Å². The summed E-state index contributed by atoms with van der Waals surface area (Å²) >= 11 is 0.